The molecule has 0 aromatic heterocycles. The van der Waals surface area contributed by atoms with E-state index < -0.39 is 6.10 Å². The lowest BCUT2D eigenvalue weighted by Crippen LogP contribution is -2.30. The Balaban J connectivity index is 4.29. The normalized spacial score (nSPS) is 12.0. The quantitative estimate of drug-likeness (QED) is 0.0261. The molecule has 0 aromatic rings. The second-order valence-electron chi connectivity index (χ2n) is 21.3. The van der Waals surface area contributed by atoms with Crippen LogP contribution in [-0.2, 0) is 28.6 Å². The number of allylic oxidation sites excluding steroid dienone is 2. The van der Waals surface area contributed by atoms with Gasteiger partial charge in [-0.2, -0.15) is 0 Å². The van der Waals surface area contributed by atoms with Gasteiger partial charge in [-0.15, -0.1) is 0 Å². The summed E-state index contributed by atoms with van der Waals surface area (Å²) in [6, 6.07) is 0. The molecule has 0 heterocycles. The number of rotatable bonds is 58. The average molecular weight is 974 g/mol. The number of hydrogen-bond donors (Lipinski definition) is 0. The first-order chi connectivity index (χ1) is 34.0. The highest BCUT2D eigenvalue weighted by atomic mass is 16.6. The molecule has 0 aliphatic carbocycles. The van der Waals surface area contributed by atoms with E-state index >= 15 is 0 Å². The minimum absolute atomic E-state index is 0.0682. The van der Waals surface area contributed by atoms with Crippen molar-refractivity contribution in [1.82, 2.24) is 0 Å². The van der Waals surface area contributed by atoms with Gasteiger partial charge in [-0.3, -0.25) is 14.4 Å². The van der Waals surface area contributed by atoms with Gasteiger partial charge in [0.05, 0.1) is 0 Å². The van der Waals surface area contributed by atoms with Crippen molar-refractivity contribution >= 4 is 17.9 Å². The van der Waals surface area contributed by atoms with Gasteiger partial charge in [0.1, 0.15) is 13.2 Å². The van der Waals surface area contributed by atoms with Crippen LogP contribution in [0.25, 0.3) is 0 Å². The van der Waals surface area contributed by atoms with Crippen LogP contribution < -0.4 is 0 Å². The predicted octanol–water partition coefficient (Wildman–Crippen LogP) is 20.9. The van der Waals surface area contributed by atoms with E-state index in [1.807, 2.05) is 0 Å². The summed E-state index contributed by atoms with van der Waals surface area (Å²) < 4.78 is 16.9. The smallest absolute Gasteiger partial charge is 0.306 e. The van der Waals surface area contributed by atoms with Gasteiger partial charge >= 0.3 is 17.9 Å². The maximum Gasteiger partial charge on any atom is 0.306 e. The van der Waals surface area contributed by atoms with Crippen LogP contribution in [0.3, 0.4) is 0 Å². The molecule has 0 aromatic carbocycles. The SMILES string of the molecule is CCCCCCCCC/C=C\CCCCCC(=O)OCC(COC(=O)CCCCCCCCCCCCCCCCCCCCC)OC(=O)CCCCCCCCCCCCCCCCCCCC. The highest BCUT2D eigenvalue weighted by molar-refractivity contribution is 5.71. The standard InChI is InChI=1S/C63H120O6/c1-4-7-10-13-16-19-22-25-28-30-32-34-35-38-41-44-47-50-53-56-62(65)68-59-60(58-67-61(64)55-52-49-46-43-40-37-27-24-21-18-15-12-9-6-3)69-63(66)57-54-51-48-45-42-39-36-33-31-29-26-23-20-17-14-11-8-5-2/h37,40,60H,4-36,38-39,41-59H2,1-3H3/b40-37-. The summed E-state index contributed by atoms with van der Waals surface area (Å²) in [7, 11) is 0. The Morgan fingerprint density at radius 1 is 0.275 bits per heavy atom. The van der Waals surface area contributed by atoms with Gasteiger partial charge in [0.2, 0.25) is 0 Å². The zero-order valence-corrected chi connectivity index (χ0v) is 46.9. The highest BCUT2D eigenvalue weighted by Gasteiger charge is 2.19. The molecule has 6 heteroatoms. The first-order valence-corrected chi connectivity index (χ1v) is 31.2. The topological polar surface area (TPSA) is 78.9 Å². The third kappa shape index (κ3) is 56.9. The Morgan fingerprint density at radius 3 is 0.739 bits per heavy atom. The Morgan fingerprint density at radius 2 is 0.478 bits per heavy atom. The average Bonchev–Trinajstić information content (AvgIpc) is 3.35. The number of esters is 3. The predicted molar refractivity (Wildman–Crippen MR) is 298 cm³/mol. The van der Waals surface area contributed by atoms with E-state index in [1.54, 1.807) is 0 Å². The minimum Gasteiger partial charge on any atom is -0.462 e. The van der Waals surface area contributed by atoms with Crippen LogP contribution in [0.4, 0.5) is 0 Å². The highest BCUT2D eigenvalue weighted by Crippen LogP contribution is 2.18. The number of ether oxygens (including phenoxy) is 3. The third-order valence-corrected chi connectivity index (χ3v) is 14.3. The van der Waals surface area contributed by atoms with E-state index in [0.717, 1.165) is 64.2 Å². The molecule has 1 unspecified atom stereocenters. The minimum atomic E-state index is -0.771. The first kappa shape index (κ1) is 67.1. The lowest BCUT2D eigenvalue weighted by atomic mass is 10.0. The molecule has 6 nitrogen and oxygen atoms in total. The van der Waals surface area contributed by atoms with Crippen LogP contribution in [0.2, 0.25) is 0 Å². The maximum atomic E-state index is 12.9. The summed E-state index contributed by atoms with van der Waals surface area (Å²) in [4.78, 5) is 38.2. The van der Waals surface area contributed by atoms with E-state index in [0.29, 0.717) is 19.3 Å². The molecule has 0 N–H and O–H groups in total. The molecule has 408 valence electrons. The molecule has 0 rings (SSSR count). The van der Waals surface area contributed by atoms with Crippen LogP contribution in [0.15, 0.2) is 12.2 Å². The molecule has 0 radical (unpaired) electrons. The zero-order valence-electron chi connectivity index (χ0n) is 46.9. The third-order valence-electron chi connectivity index (χ3n) is 14.3. The molecular formula is C63H120O6. The molecule has 1 atom stereocenters. The van der Waals surface area contributed by atoms with Gasteiger partial charge in [-0.25, -0.2) is 0 Å². The van der Waals surface area contributed by atoms with Crippen LogP contribution in [0.1, 0.15) is 355 Å². The van der Waals surface area contributed by atoms with E-state index in [-0.39, 0.29) is 31.1 Å². The fourth-order valence-corrected chi connectivity index (χ4v) is 9.56. The van der Waals surface area contributed by atoms with Crippen molar-refractivity contribution in [2.75, 3.05) is 13.2 Å². The molecule has 0 amide bonds. The van der Waals surface area contributed by atoms with Crippen LogP contribution in [0, 0.1) is 0 Å². The summed E-state index contributed by atoms with van der Waals surface area (Å²) in [6.07, 6.45) is 67.8. The molecule has 0 aliphatic rings. The van der Waals surface area contributed by atoms with Crippen molar-refractivity contribution in [3.05, 3.63) is 12.2 Å². The van der Waals surface area contributed by atoms with E-state index in [9.17, 15) is 14.4 Å². The van der Waals surface area contributed by atoms with Crippen LogP contribution >= 0.6 is 0 Å². The summed E-state index contributed by atoms with van der Waals surface area (Å²) in [6.45, 7) is 6.70. The van der Waals surface area contributed by atoms with Crippen molar-refractivity contribution in [3.63, 3.8) is 0 Å². The Bertz CT molecular complexity index is 1070. The summed E-state index contributed by atoms with van der Waals surface area (Å²) in [5.41, 5.74) is 0. The fourth-order valence-electron chi connectivity index (χ4n) is 9.56. The lowest BCUT2D eigenvalue weighted by molar-refractivity contribution is -0.167. The molecule has 0 saturated carbocycles. The monoisotopic (exact) mass is 973 g/mol. The second kappa shape index (κ2) is 58.7. The number of unbranched alkanes of at least 4 members (excludes halogenated alkanes) is 45. The van der Waals surface area contributed by atoms with Crippen molar-refractivity contribution in [3.8, 4) is 0 Å². The van der Waals surface area contributed by atoms with Crippen molar-refractivity contribution in [2.45, 2.75) is 361 Å². The molecular weight excluding hydrogens is 853 g/mol. The van der Waals surface area contributed by atoms with Gasteiger partial charge in [0.15, 0.2) is 6.10 Å². The van der Waals surface area contributed by atoms with Crippen LogP contribution in [0.5, 0.6) is 0 Å². The summed E-state index contributed by atoms with van der Waals surface area (Å²) >= 11 is 0. The van der Waals surface area contributed by atoms with E-state index in [1.165, 1.54) is 250 Å². The van der Waals surface area contributed by atoms with E-state index in [4.69, 9.17) is 14.2 Å². The first-order valence-electron chi connectivity index (χ1n) is 31.2. The molecule has 0 fully saturated rings. The second-order valence-corrected chi connectivity index (χ2v) is 21.3. The lowest BCUT2D eigenvalue weighted by Gasteiger charge is -2.18. The largest absolute Gasteiger partial charge is 0.462 e. The number of hydrogen-bond acceptors (Lipinski definition) is 6. The number of carbonyl (C=O) groups is 3. The van der Waals surface area contributed by atoms with Crippen molar-refractivity contribution in [2.24, 2.45) is 0 Å². The van der Waals surface area contributed by atoms with Gasteiger partial charge < -0.3 is 14.2 Å². The van der Waals surface area contributed by atoms with Crippen LogP contribution in [-0.4, -0.2) is 37.2 Å². The maximum absolute atomic E-state index is 12.9. The Labute approximate surface area is 431 Å². The fraction of sp³-hybridized carbons (Fsp3) is 0.921. The molecule has 0 saturated heterocycles. The Kier molecular flexibility index (Phi) is 57.1. The molecule has 0 aliphatic heterocycles. The van der Waals surface area contributed by atoms with Gasteiger partial charge in [0, 0.05) is 19.3 Å². The summed E-state index contributed by atoms with van der Waals surface area (Å²) in [5.74, 6) is -0.855. The number of carbonyl (C=O) groups excluding carboxylic acids is 3. The molecule has 69 heavy (non-hydrogen) atoms. The van der Waals surface area contributed by atoms with E-state index in [2.05, 4.69) is 32.9 Å². The molecule has 0 bridgehead atoms. The van der Waals surface area contributed by atoms with Crippen molar-refractivity contribution < 1.29 is 28.6 Å². The van der Waals surface area contributed by atoms with Gasteiger partial charge in [0.25, 0.3) is 0 Å². The summed E-state index contributed by atoms with van der Waals surface area (Å²) in [5, 5.41) is 0. The van der Waals surface area contributed by atoms with Crippen molar-refractivity contribution in [1.29, 1.82) is 0 Å². The van der Waals surface area contributed by atoms with Gasteiger partial charge in [-0.05, 0) is 44.9 Å². The zero-order chi connectivity index (χ0) is 50.0. The van der Waals surface area contributed by atoms with Gasteiger partial charge in [-0.1, -0.05) is 303 Å². The molecule has 0 spiro atoms. The Hall–Kier alpha value is -1.85.